The van der Waals surface area contributed by atoms with Crippen LogP contribution in [0.15, 0.2) is 24.3 Å². The van der Waals surface area contributed by atoms with Crippen molar-refractivity contribution in [1.82, 2.24) is 10.0 Å². The Morgan fingerprint density at radius 2 is 2.00 bits per heavy atom. The molecule has 1 fully saturated rings. The summed E-state index contributed by atoms with van der Waals surface area (Å²) in [4.78, 5) is 12.0. The number of carbonyl (C=O) groups excluding carboxylic acids is 1. The summed E-state index contributed by atoms with van der Waals surface area (Å²) >= 11 is 0. The molecule has 0 radical (unpaired) electrons. The second kappa shape index (κ2) is 7.90. The summed E-state index contributed by atoms with van der Waals surface area (Å²) in [5.74, 6) is -0.239. The van der Waals surface area contributed by atoms with E-state index in [4.69, 9.17) is 4.74 Å². The summed E-state index contributed by atoms with van der Waals surface area (Å²) in [6.07, 6.45) is 1.25. The molecule has 0 aromatic heterocycles. The fraction of sp³-hybridized carbons (Fsp3) is 0.562. The van der Waals surface area contributed by atoms with Crippen molar-refractivity contribution in [2.45, 2.75) is 51.1 Å². The second-order valence-electron chi connectivity index (χ2n) is 6.02. The fourth-order valence-corrected chi connectivity index (χ4v) is 4.05. The van der Waals surface area contributed by atoms with Crippen LogP contribution in [-0.4, -0.2) is 33.1 Å². The van der Waals surface area contributed by atoms with Crippen molar-refractivity contribution in [2.24, 2.45) is 0 Å². The molecule has 1 aromatic carbocycles. The molecule has 1 heterocycles. The lowest BCUT2D eigenvalue weighted by Crippen LogP contribution is -2.34. The molecule has 0 saturated carbocycles. The lowest BCUT2D eigenvalue weighted by Gasteiger charge is -2.14. The number of amides is 1. The molecule has 1 amide bonds. The van der Waals surface area contributed by atoms with Gasteiger partial charge < -0.3 is 10.1 Å². The third kappa shape index (κ3) is 5.60. The van der Waals surface area contributed by atoms with Gasteiger partial charge in [0.2, 0.25) is 15.9 Å². The zero-order chi connectivity index (χ0) is 16.9. The van der Waals surface area contributed by atoms with Crippen LogP contribution >= 0.6 is 0 Å². The van der Waals surface area contributed by atoms with E-state index in [0.29, 0.717) is 18.7 Å². The van der Waals surface area contributed by atoms with Crippen molar-refractivity contribution >= 4 is 15.9 Å². The number of nitrogens with one attached hydrogen (secondary N) is 2. The molecule has 1 aliphatic rings. The number of benzene rings is 1. The molecule has 23 heavy (non-hydrogen) atoms. The van der Waals surface area contributed by atoms with Gasteiger partial charge in [0.1, 0.15) is 6.10 Å². The van der Waals surface area contributed by atoms with Crippen molar-refractivity contribution < 1.29 is 17.9 Å². The van der Waals surface area contributed by atoms with E-state index in [1.165, 1.54) is 0 Å². The van der Waals surface area contributed by atoms with Gasteiger partial charge in [-0.25, -0.2) is 13.1 Å². The number of hydrogen-bond donors (Lipinski definition) is 2. The smallest absolute Gasteiger partial charge is 0.249 e. The highest BCUT2D eigenvalue weighted by atomic mass is 32.2. The maximum absolute atomic E-state index is 12.1. The van der Waals surface area contributed by atoms with E-state index in [0.717, 1.165) is 18.4 Å². The Morgan fingerprint density at radius 3 is 2.61 bits per heavy atom. The van der Waals surface area contributed by atoms with Gasteiger partial charge >= 0.3 is 0 Å². The molecule has 1 atom stereocenters. The van der Waals surface area contributed by atoms with Crippen molar-refractivity contribution in [1.29, 1.82) is 0 Å². The summed E-state index contributed by atoms with van der Waals surface area (Å²) < 4.78 is 32.1. The molecule has 7 heteroatoms. The normalized spacial score (nSPS) is 18.3. The van der Waals surface area contributed by atoms with Crippen LogP contribution in [0.3, 0.4) is 0 Å². The number of hydrogen-bond acceptors (Lipinski definition) is 4. The maximum Gasteiger partial charge on any atom is 0.249 e. The van der Waals surface area contributed by atoms with Gasteiger partial charge in [-0.3, -0.25) is 4.79 Å². The van der Waals surface area contributed by atoms with Crippen LogP contribution in [-0.2, 0) is 31.9 Å². The second-order valence-corrected chi connectivity index (χ2v) is 7.77. The number of sulfonamides is 1. The first kappa shape index (κ1) is 17.9. The number of carbonyl (C=O) groups is 1. The Balaban J connectivity index is 2.01. The fourth-order valence-electron chi connectivity index (χ4n) is 2.56. The van der Waals surface area contributed by atoms with Crippen LogP contribution in [0.25, 0.3) is 0 Å². The molecule has 0 spiro atoms. The van der Waals surface area contributed by atoms with E-state index in [9.17, 15) is 13.2 Å². The van der Waals surface area contributed by atoms with Crippen molar-refractivity contribution in [3.05, 3.63) is 35.4 Å². The molecule has 0 aliphatic carbocycles. The highest BCUT2D eigenvalue weighted by Crippen LogP contribution is 2.14. The topological polar surface area (TPSA) is 84.5 Å². The van der Waals surface area contributed by atoms with E-state index in [2.05, 4.69) is 10.0 Å². The summed E-state index contributed by atoms with van der Waals surface area (Å²) in [6.45, 7) is 4.48. The van der Waals surface area contributed by atoms with Gasteiger partial charge in [-0.1, -0.05) is 24.3 Å². The van der Waals surface area contributed by atoms with E-state index in [-0.39, 0.29) is 23.8 Å². The largest absolute Gasteiger partial charge is 0.368 e. The molecule has 6 nitrogen and oxygen atoms in total. The minimum absolute atomic E-state index is 0.100. The Kier molecular flexibility index (Phi) is 6.15. The number of ether oxygens (including phenoxy) is 1. The van der Waals surface area contributed by atoms with E-state index >= 15 is 0 Å². The van der Waals surface area contributed by atoms with Crippen LogP contribution in [0.2, 0.25) is 0 Å². The standard InChI is InChI=1S/C16H24N2O4S/c1-12(2)18-23(20,21)11-14-7-4-3-6-13(14)10-17-16(19)15-8-5-9-22-15/h3-4,6-7,12,15,18H,5,8-11H2,1-2H3,(H,17,19). The summed E-state index contributed by atoms with van der Waals surface area (Å²) in [7, 11) is -3.40. The SMILES string of the molecule is CC(C)NS(=O)(=O)Cc1ccccc1CNC(=O)C1CCCO1. The van der Waals surface area contributed by atoms with E-state index in [1.54, 1.807) is 26.0 Å². The molecule has 1 aliphatic heterocycles. The first-order chi connectivity index (χ1) is 10.9. The number of rotatable bonds is 7. The molecular weight excluding hydrogens is 316 g/mol. The minimum atomic E-state index is -3.40. The molecule has 2 N–H and O–H groups in total. The molecule has 1 saturated heterocycles. The van der Waals surface area contributed by atoms with Crippen LogP contribution in [0, 0.1) is 0 Å². The summed E-state index contributed by atoms with van der Waals surface area (Å²) in [5, 5.41) is 2.83. The van der Waals surface area contributed by atoms with Gasteiger partial charge in [-0.15, -0.1) is 0 Å². The van der Waals surface area contributed by atoms with Gasteiger partial charge in [-0.05, 0) is 37.8 Å². The van der Waals surface area contributed by atoms with Gasteiger partial charge in [0.05, 0.1) is 5.75 Å². The third-order valence-corrected chi connectivity index (χ3v) is 5.08. The quantitative estimate of drug-likeness (QED) is 0.784. The van der Waals surface area contributed by atoms with Crippen LogP contribution in [0.1, 0.15) is 37.8 Å². The molecule has 1 aromatic rings. The van der Waals surface area contributed by atoms with Crippen LogP contribution in [0.5, 0.6) is 0 Å². The predicted octanol–water partition coefficient (Wildman–Crippen LogP) is 1.31. The van der Waals surface area contributed by atoms with Crippen molar-refractivity contribution in [3.63, 3.8) is 0 Å². The lowest BCUT2D eigenvalue weighted by atomic mass is 10.1. The highest BCUT2D eigenvalue weighted by molar-refractivity contribution is 7.88. The zero-order valence-corrected chi connectivity index (χ0v) is 14.4. The van der Waals surface area contributed by atoms with Gasteiger partial charge in [0.25, 0.3) is 0 Å². The minimum Gasteiger partial charge on any atom is -0.368 e. The van der Waals surface area contributed by atoms with E-state index < -0.39 is 10.0 Å². The Labute approximate surface area is 137 Å². The average molecular weight is 340 g/mol. The molecule has 2 rings (SSSR count). The zero-order valence-electron chi connectivity index (χ0n) is 13.5. The Hall–Kier alpha value is -1.44. The Bertz CT molecular complexity index is 637. The molecular formula is C16H24N2O4S. The van der Waals surface area contributed by atoms with Gasteiger partial charge in [-0.2, -0.15) is 0 Å². The van der Waals surface area contributed by atoms with Crippen LogP contribution in [0.4, 0.5) is 0 Å². The van der Waals surface area contributed by atoms with Gasteiger partial charge in [0, 0.05) is 19.2 Å². The summed E-state index contributed by atoms with van der Waals surface area (Å²) in [5.41, 5.74) is 1.49. The maximum atomic E-state index is 12.1. The highest BCUT2D eigenvalue weighted by Gasteiger charge is 2.23. The predicted molar refractivity (Wildman–Crippen MR) is 88.2 cm³/mol. The first-order valence-corrected chi connectivity index (χ1v) is 9.49. The van der Waals surface area contributed by atoms with Crippen molar-refractivity contribution in [3.8, 4) is 0 Å². The van der Waals surface area contributed by atoms with Gasteiger partial charge in [0.15, 0.2) is 0 Å². The summed E-state index contributed by atoms with van der Waals surface area (Å²) in [6, 6.07) is 7.08. The molecule has 1 unspecified atom stereocenters. The molecule has 0 bridgehead atoms. The Morgan fingerprint density at radius 1 is 1.30 bits per heavy atom. The molecule has 128 valence electrons. The average Bonchev–Trinajstić information content (AvgIpc) is 2.98. The first-order valence-electron chi connectivity index (χ1n) is 7.83. The monoisotopic (exact) mass is 340 g/mol. The third-order valence-electron chi connectivity index (χ3n) is 3.55. The lowest BCUT2D eigenvalue weighted by molar-refractivity contribution is -0.130. The van der Waals surface area contributed by atoms with E-state index in [1.807, 2.05) is 12.1 Å². The van der Waals surface area contributed by atoms with Crippen LogP contribution < -0.4 is 10.0 Å². The van der Waals surface area contributed by atoms with Crippen molar-refractivity contribution in [2.75, 3.05) is 6.61 Å².